The van der Waals surface area contributed by atoms with Gasteiger partial charge in [0.15, 0.2) is 0 Å². The number of rotatable bonds is 5. The van der Waals surface area contributed by atoms with Gasteiger partial charge in [-0.3, -0.25) is 24.0 Å². The normalized spacial score (nSPS) is 7.40. The molecule has 15 nitrogen and oxygen atoms in total. The van der Waals surface area contributed by atoms with E-state index in [0.717, 1.165) is 0 Å². The minimum atomic E-state index is -0.968. The van der Waals surface area contributed by atoms with Crippen LogP contribution in [-0.4, -0.2) is 88.1 Å². The van der Waals surface area contributed by atoms with Gasteiger partial charge in [-0.1, -0.05) is 0 Å². The molecule has 0 bridgehead atoms. The van der Waals surface area contributed by atoms with Crippen LogP contribution in [0.15, 0.2) is 0 Å². The highest BCUT2D eigenvalue weighted by molar-refractivity contribution is 5.69. The van der Waals surface area contributed by atoms with Gasteiger partial charge in [0, 0.05) is 0 Å². The summed E-state index contributed by atoms with van der Waals surface area (Å²) in [6, 6.07) is 0. The molecule has 0 aliphatic rings. The summed E-state index contributed by atoms with van der Waals surface area (Å²) in [7, 11) is 0. The van der Waals surface area contributed by atoms with Gasteiger partial charge in [0.1, 0.15) is 0 Å². The maximum Gasteiger partial charge on any atom is 0.317 e. The van der Waals surface area contributed by atoms with Crippen LogP contribution in [0, 0.1) is 0 Å². The fraction of sp³-hybridized carbons (Fsp3) is 0.500. The molecular weight excluding hydrogens is 350 g/mol. The van der Waals surface area contributed by atoms with Gasteiger partial charge in [-0.25, -0.2) is 0 Å². The van der Waals surface area contributed by atoms with Crippen LogP contribution < -0.4 is 28.7 Å². The lowest BCUT2D eigenvalue weighted by atomic mass is 10.7. The van der Waals surface area contributed by atoms with Crippen molar-refractivity contribution >= 4 is 29.8 Å². The van der Waals surface area contributed by atoms with E-state index in [4.69, 9.17) is 25.5 Å². The Labute approximate surface area is 142 Å². The maximum atomic E-state index is 9.24. The van der Waals surface area contributed by atoms with Crippen molar-refractivity contribution in [1.82, 2.24) is 0 Å². The van der Waals surface area contributed by atoms with Crippen molar-refractivity contribution in [2.45, 2.75) is 0 Å². The molecule has 0 amide bonds. The zero-order chi connectivity index (χ0) is 21.4. The number of aliphatic carboxylic acids is 5. The Hall–Kier alpha value is -2.85. The predicted molar refractivity (Wildman–Crippen MR) is 83.5 cm³/mol. The van der Waals surface area contributed by atoms with Gasteiger partial charge in [-0.2, -0.15) is 0 Å². The molecule has 0 heterocycles. The summed E-state index contributed by atoms with van der Waals surface area (Å²) in [5.74, 6) is -4.84. The highest BCUT2D eigenvalue weighted by atomic mass is 16.4. The van der Waals surface area contributed by atoms with Crippen molar-refractivity contribution < 1.29 is 49.5 Å². The van der Waals surface area contributed by atoms with Gasteiger partial charge in [-0.05, 0) is 0 Å². The quantitative estimate of drug-likeness (QED) is 0.215. The number of carbonyl (C=O) groups is 5. The molecule has 15 N–H and O–H groups in total. The third-order valence-electron chi connectivity index (χ3n) is 0.873. The van der Waals surface area contributed by atoms with E-state index in [1.807, 2.05) is 0 Å². The summed E-state index contributed by atoms with van der Waals surface area (Å²) in [5.41, 5.74) is 22.9. The van der Waals surface area contributed by atoms with E-state index in [1.165, 1.54) is 0 Å². The second-order valence-corrected chi connectivity index (χ2v) is 2.99. The lowest BCUT2D eigenvalue weighted by Gasteiger charge is -1.73. The van der Waals surface area contributed by atoms with Gasteiger partial charge in [0.05, 0.1) is 32.7 Å². The smallest absolute Gasteiger partial charge is 0.317 e. The van der Waals surface area contributed by atoms with Crippen LogP contribution in [0.4, 0.5) is 0 Å². The molecular formula is C10H25N5O10. The molecule has 0 rings (SSSR count). The molecule has 0 unspecified atom stereocenters. The molecule has 15 heteroatoms. The summed E-state index contributed by atoms with van der Waals surface area (Å²) in [6.45, 7) is -1.39. The molecule has 150 valence electrons. The van der Waals surface area contributed by atoms with E-state index >= 15 is 0 Å². The zero-order valence-corrected chi connectivity index (χ0v) is 13.2. The summed E-state index contributed by atoms with van der Waals surface area (Å²) in [6.07, 6.45) is 0. The van der Waals surface area contributed by atoms with Crippen molar-refractivity contribution in [2.75, 3.05) is 32.7 Å². The van der Waals surface area contributed by atoms with Crippen LogP contribution in [-0.2, 0) is 24.0 Å². The van der Waals surface area contributed by atoms with Crippen molar-refractivity contribution in [3.05, 3.63) is 0 Å². The van der Waals surface area contributed by atoms with Gasteiger partial charge in [0.2, 0.25) is 0 Å². The largest absolute Gasteiger partial charge is 0.480 e. The molecule has 0 radical (unpaired) electrons. The minimum absolute atomic E-state index is 0.278. The van der Waals surface area contributed by atoms with E-state index in [1.54, 1.807) is 0 Å². The van der Waals surface area contributed by atoms with Crippen molar-refractivity contribution in [1.29, 1.82) is 0 Å². The highest BCUT2D eigenvalue weighted by Gasteiger charge is 1.82. The standard InChI is InChI=1S/5C2H5NO2/c5*3-1-2(4)5/h5*1,3H2,(H,4,5). The van der Waals surface area contributed by atoms with Gasteiger partial charge < -0.3 is 54.2 Å². The number of carboxylic acids is 5. The molecule has 0 aliphatic carbocycles. The van der Waals surface area contributed by atoms with Crippen LogP contribution in [0.5, 0.6) is 0 Å². The molecule has 0 aromatic rings. The van der Waals surface area contributed by atoms with Gasteiger partial charge >= 0.3 is 29.8 Å². The molecule has 0 fully saturated rings. The second-order valence-electron chi connectivity index (χ2n) is 2.99. The Morgan fingerprint density at radius 3 is 0.440 bits per heavy atom. The Balaban J connectivity index is -0.0000000667. The summed E-state index contributed by atoms with van der Waals surface area (Å²) >= 11 is 0. The average molecular weight is 375 g/mol. The topological polar surface area (TPSA) is 317 Å². The monoisotopic (exact) mass is 375 g/mol. The first-order chi connectivity index (χ1) is 11.4. The first-order valence-corrected chi connectivity index (χ1v) is 5.95. The van der Waals surface area contributed by atoms with Crippen LogP contribution >= 0.6 is 0 Å². The third kappa shape index (κ3) is 152. The van der Waals surface area contributed by atoms with E-state index < -0.39 is 29.8 Å². The summed E-state index contributed by atoms with van der Waals surface area (Å²) in [5, 5.41) is 38.0. The first-order valence-electron chi connectivity index (χ1n) is 5.95. The fourth-order valence-electron chi connectivity index (χ4n) is 0. The third-order valence-corrected chi connectivity index (χ3v) is 0.873. The summed E-state index contributed by atoms with van der Waals surface area (Å²) in [4.78, 5) is 46.2. The number of hydrogen-bond donors (Lipinski definition) is 10. The Kier molecular flexibility index (Phi) is 39.3. The van der Waals surface area contributed by atoms with Crippen molar-refractivity contribution in [3.8, 4) is 0 Å². The highest BCUT2D eigenvalue weighted by Crippen LogP contribution is 1.45. The summed E-state index contributed by atoms with van der Waals surface area (Å²) < 4.78 is 0. The molecule has 0 aromatic carbocycles. The molecule has 0 spiro atoms. The van der Waals surface area contributed by atoms with Crippen LogP contribution in [0.1, 0.15) is 0 Å². The van der Waals surface area contributed by atoms with Gasteiger partial charge in [0.25, 0.3) is 0 Å². The molecule has 25 heavy (non-hydrogen) atoms. The lowest BCUT2D eigenvalue weighted by Crippen LogP contribution is -2.10. The van der Waals surface area contributed by atoms with E-state index in [-0.39, 0.29) is 32.7 Å². The molecule has 0 saturated carbocycles. The van der Waals surface area contributed by atoms with Crippen LogP contribution in [0.25, 0.3) is 0 Å². The van der Waals surface area contributed by atoms with Crippen LogP contribution in [0.2, 0.25) is 0 Å². The predicted octanol–water partition coefficient (Wildman–Crippen LogP) is -4.85. The number of nitrogens with two attached hydrogens (primary N) is 5. The maximum absolute atomic E-state index is 9.24. The molecule has 0 atom stereocenters. The minimum Gasteiger partial charge on any atom is -0.480 e. The van der Waals surface area contributed by atoms with Crippen LogP contribution in [0.3, 0.4) is 0 Å². The number of hydrogen-bond acceptors (Lipinski definition) is 10. The van der Waals surface area contributed by atoms with E-state index in [0.29, 0.717) is 0 Å². The second kappa shape index (κ2) is 29.2. The fourth-order valence-corrected chi connectivity index (χ4v) is 0. The Morgan fingerprint density at radius 1 is 0.400 bits per heavy atom. The molecule has 0 aliphatic heterocycles. The first kappa shape index (κ1) is 33.7. The zero-order valence-electron chi connectivity index (χ0n) is 13.2. The molecule has 0 saturated heterocycles. The molecule has 0 aromatic heterocycles. The Bertz CT molecular complexity index is 296. The van der Waals surface area contributed by atoms with Crippen molar-refractivity contribution in [3.63, 3.8) is 0 Å². The van der Waals surface area contributed by atoms with Crippen molar-refractivity contribution in [2.24, 2.45) is 28.7 Å². The Morgan fingerprint density at radius 2 is 0.440 bits per heavy atom. The lowest BCUT2D eigenvalue weighted by molar-refractivity contribution is -0.136. The number of carboxylic acid groups (broad SMARTS) is 5. The van der Waals surface area contributed by atoms with Gasteiger partial charge in [-0.15, -0.1) is 0 Å². The SMILES string of the molecule is NCC(=O)O.NCC(=O)O.NCC(=O)O.NCC(=O)O.NCC(=O)O. The van der Waals surface area contributed by atoms with E-state index in [2.05, 4.69) is 28.7 Å². The van der Waals surface area contributed by atoms with E-state index in [9.17, 15) is 24.0 Å². The average Bonchev–Trinajstić information content (AvgIpc) is 2.56.